The highest BCUT2D eigenvalue weighted by Gasteiger charge is 2.06. The maximum absolute atomic E-state index is 11.4. The first-order valence-electron chi connectivity index (χ1n) is 6.23. The van der Waals surface area contributed by atoms with E-state index >= 15 is 0 Å². The van der Waals surface area contributed by atoms with Crippen LogP contribution in [0.1, 0.15) is 27.0 Å². The van der Waals surface area contributed by atoms with Gasteiger partial charge in [0.25, 0.3) is 0 Å². The summed E-state index contributed by atoms with van der Waals surface area (Å²) in [6.45, 7) is 1.96. The molecule has 2 aromatic carbocycles. The first kappa shape index (κ1) is 14.4. The predicted octanol–water partition coefficient (Wildman–Crippen LogP) is 4.61. The van der Waals surface area contributed by atoms with Crippen LogP contribution in [0.4, 0.5) is 0 Å². The Morgan fingerprint density at radius 3 is 2.60 bits per heavy atom. The van der Waals surface area contributed by atoms with Crippen LogP contribution in [-0.4, -0.2) is 13.1 Å². The Kier molecular flexibility index (Phi) is 4.59. The molecule has 0 saturated heterocycles. The van der Waals surface area contributed by atoms with Crippen molar-refractivity contribution in [3.05, 3.63) is 69.7 Å². The Morgan fingerprint density at radius 2 is 1.95 bits per heavy atom. The fraction of sp³-hybridized carbons (Fsp3) is 0.118. The monoisotopic (exact) mass is 286 g/mol. The molecular weight excluding hydrogens is 272 g/mol. The molecule has 0 saturated carbocycles. The summed E-state index contributed by atoms with van der Waals surface area (Å²) in [5.41, 5.74) is 3.67. The number of rotatable bonds is 3. The van der Waals surface area contributed by atoms with Crippen LogP contribution in [-0.2, 0) is 4.74 Å². The number of carbonyl (C=O) groups is 1. The highest BCUT2D eigenvalue weighted by atomic mass is 35.5. The minimum atomic E-state index is -0.321. The topological polar surface area (TPSA) is 26.3 Å². The van der Waals surface area contributed by atoms with Gasteiger partial charge in [-0.3, -0.25) is 0 Å². The van der Waals surface area contributed by atoms with E-state index in [-0.39, 0.29) is 5.97 Å². The molecule has 0 fully saturated rings. The summed E-state index contributed by atoms with van der Waals surface area (Å²) in [6, 6.07) is 13.1. The van der Waals surface area contributed by atoms with Crippen LogP contribution >= 0.6 is 11.6 Å². The zero-order valence-corrected chi connectivity index (χ0v) is 12.1. The third kappa shape index (κ3) is 3.49. The number of halogens is 1. The summed E-state index contributed by atoms with van der Waals surface area (Å²) in [4.78, 5) is 11.4. The third-order valence-electron chi connectivity index (χ3n) is 2.99. The van der Waals surface area contributed by atoms with E-state index in [0.717, 1.165) is 16.7 Å². The predicted molar refractivity (Wildman–Crippen MR) is 82.9 cm³/mol. The maximum Gasteiger partial charge on any atom is 0.337 e. The standard InChI is InChI=1S/C17H15ClO2/c1-12-10-15(17(19)20-2)9-8-14(12)7-6-13-4-3-5-16(18)11-13/h3-11H,1-2H3/b7-6+. The number of aryl methyl sites for hydroxylation is 1. The molecule has 0 unspecified atom stereocenters. The molecular formula is C17H15ClO2. The van der Waals surface area contributed by atoms with Gasteiger partial charge in [0.15, 0.2) is 0 Å². The van der Waals surface area contributed by atoms with Gasteiger partial charge in [-0.25, -0.2) is 4.79 Å². The van der Waals surface area contributed by atoms with Gasteiger partial charge in [0.2, 0.25) is 0 Å². The van der Waals surface area contributed by atoms with Crippen molar-refractivity contribution < 1.29 is 9.53 Å². The van der Waals surface area contributed by atoms with E-state index in [9.17, 15) is 4.79 Å². The van der Waals surface area contributed by atoms with Gasteiger partial charge in [-0.1, -0.05) is 42.0 Å². The molecule has 3 heteroatoms. The minimum Gasteiger partial charge on any atom is -0.465 e. The molecule has 0 aliphatic heterocycles. The van der Waals surface area contributed by atoms with Crippen molar-refractivity contribution >= 4 is 29.7 Å². The molecule has 0 amide bonds. The van der Waals surface area contributed by atoms with E-state index in [1.165, 1.54) is 7.11 Å². The summed E-state index contributed by atoms with van der Waals surface area (Å²) in [5.74, 6) is -0.321. The van der Waals surface area contributed by atoms with Gasteiger partial charge in [0.05, 0.1) is 12.7 Å². The van der Waals surface area contributed by atoms with Gasteiger partial charge in [0.1, 0.15) is 0 Å². The highest BCUT2D eigenvalue weighted by Crippen LogP contribution is 2.17. The number of ether oxygens (including phenoxy) is 1. The summed E-state index contributed by atoms with van der Waals surface area (Å²) in [7, 11) is 1.38. The van der Waals surface area contributed by atoms with Gasteiger partial charge in [-0.2, -0.15) is 0 Å². The second kappa shape index (κ2) is 6.40. The molecule has 2 aromatic rings. The summed E-state index contributed by atoms with van der Waals surface area (Å²) in [6.07, 6.45) is 3.99. The molecule has 0 aliphatic rings. The molecule has 0 heterocycles. The summed E-state index contributed by atoms with van der Waals surface area (Å²) < 4.78 is 4.70. The lowest BCUT2D eigenvalue weighted by Crippen LogP contribution is -2.01. The zero-order valence-electron chi connectivity index (χ0n) is 11.4. The van der Waals surface area contributed by atoms with Crippen molar-refractivity contribution in [2.45, 2.75) is 6.92 Å². The van der Waals surface area contributed by atoms with E-state index in [1.807, 2.05) is 55.5 Å². The molecule has 0 bridgehead atoms. The van der Waals surface area contributed by atoms with Gasteiger partial charge in [-0.05, 0) is 47.9 Å². The number of carbonyl (C=O) groups excluding carboxylic acids is 1. The van der Waals surface area contributed by atoms with Gasteiger partial charge >= 0.3 is 5.97 Å². The second-order valence-electron chi connectivity index (χ2n) is 4.45. The van der Waals surface area contributed by atoms with Gasteiger partial charge in [-0.15, -0.1) is 0 Å². The molecule has 102 valence electrons. The number of methoxy groups -OCH3 is 1. The number of benzene rings is 2. The molecule has 0 N–H and O–H groups in total. The average Bonchev–Trinajstić information content (AvgIpc) is 2.45. The molecule has 0 radical (unpaired) electrons. The highest BCUT2D eigenvalue weighted by molar-refractivity contribution is 6.30. The molecule has 0 spiro atoms. The Hall–Kier alpha value is -2.06. The van der Waals surface area contributed by atoms with Gasteiger partial charge < -0.3 is 4.74 Å². The van der Waals surface area contributed by atoms with E-state index in [0.29, 0.717) is 10.6 Å². The summed E-state index contributed by atoms with van der Waals surface area (Å²) in [5, 5.41) is 0.713. The van der Waals surface area contributed by atoms with Crippen molar-refractivity contribution in [2.24, 2.45) is 0 Å². The average molecular weight is 287 g/mol. The van der Waals surface area contributed by atoms with Crippen molar-refractivity contribution in [1.82, 2.24) is 0 Å². The number of esters is 1. The van der Waals surface area contributed by atoms with Crippen LogP contribution in [0.15, 0.2) is 42.5 Å². The second-order valence-corrected chi connectivity index (χ2v) is 4.89. The van der Waals surface area contributed by atoms with Crippen molar-refractivity contribution in [3.63, 3.8) is 0 Å². The van der Waals surface area contributed by atoms with Crippen LogP contribution in [0.2, 0.25) is 5.02 Å². The lowest BCUT2D eigenvalue weighted by atomic mass is 10.0. The Labute approximate surface area is 123 Å². The van der Waals surface area contributed by atoms with Crippen molar-refractivity contribution in [2.75, 3.05) is 7.11 Å². The third-order valence-corrected chi connectivity index (χ3v) is 3.23. The maximum atomic E-state index is 11.4. The van der Waals surface area contributed by atoms with Crippen LogP contribution in [0, 0.1) is 6.92 Å². The molecule has 2 rings (SSSR count). The lowest BCUT2D eigenvalue weighted by Gasteiger charge is -2.04. The lowest BCUT2D eigenvalue weighted by molar-refractivity contribution is 0.0600. The number of hydrogen-bond acceptors (Lipinski definition) is 2. The quantitative estimate of drug-likeness (QED) is 0.608. The van der Waals surface area contributed by atoms with Crippen LogP contribution in [0.25, 0.3) is 12.2 Å². The zero-order chi connectivity index (χ0) is 14.5. The molecule has 0 aliphatic carbocycles. The van der Waals surface area contributed by atoms with E-state index in [2.05, 4.69) is 0 Å². The van der Waals surface area contributed by atoms with E-state index < -0.39 is 0 Å². The Balaban J connectivity index is 2.24. The van der Waals surface area contributed by atoms with E-state index in [4.69, 9.17) is 16.3 Å². The smallest absolute Gasteiger partial charge is 0.337 e. The molecule has 2 nitrogen and oxygen atoms in total. The van der Waals surface area contributed by atoms with Crippen LogP contribution < -0.4 is 0 Å². The number of hydrogen-bond donors (Lipinski definition) is 0. The normalized spacial score (nSPS) is 10.8. The largest absolute Gasteiger partial charge is 0.465 e. The minimum absolute atomic E-state index is 0.321. The van der Waals surface area contributed by atoms with Crippen molar-refractivity contribution in [3.8, 4) is 0 Å². The molecule has 0 aromatic heterocycles. The van der Waals surface area contributed by atoms with Gasteiger partial charge in [0, 0.05) is 5.02 Å². The SMILES string of the molecule is COC(=O)c1ccc(/C=C/c2cccc(Cl)c2)c(C)c1. The fourth-order valence-electron chi connectivity index (χ4n) is 1.90. The van der Waals surface area contributed by atoms with Crippen LogP contribution in [0.5, 0.6) is 0 Å². The Bertz CT molecular complexity index is 660. The first-order chi connectivity index (χ1) is 9.60. The van der Waals surface area contributed by atoms with E-state index in [1.54, 1.807) is 6.07 Å². The van der Waals surface area contributed by atoms with Crippen LogP contribution in [0.3, 0.4) is 0 Å². The molecule has 0 atom stereocenters. The Morgan fingerprint density at radius 1 is 1.15 bits per heavy atom. The summed E-state index contributed by atoms with van der Waals surface area (Å²) >= 11 is 5.94. The first-order valence-corrected chi connectivity index (χ1v) is 6.60. The van der Waals surface area contributed by atoms with Crippen molar-refractivity contribution in [1.29, 1.82) is 0 Å². The fourth-order valence-corrected chi connectivity index (χ4v) is 2.10. The molecule has 20 heavy (non-hydrogen) atoms.